The molecule has 0 N–H and O–H groups in total. The van der Waals surface area contributed by atoms with Crippen molar-refractivity contribution in [1.82, 2.24) is 9.97 Å². The predicted molar refractivity (Wildman–Crippen MR) is 51.3 cm³/mol. The Kier molecular flexibility index (Phi) is 2.41. The fraction of sp³-hybridized carbons (Fsp3) is 0. The fourth-order valence-corrected chi connectivity index (χ4v) is 1.25. The monoisotopic (exact) mass is 207 g/mol. The summed E-state index contributed by atoms with van der Waals surface area (Å²) in [6, 6.07) is 4.43. The highest BCUT2D eigenvalue weighted by molar-refractivity contribution is 6.31. The molecule has 1 aromatic carbocycles. The lowest BCUT2D eigenvalue weighted by Crippen LogP contribution is -1.84. The lowest BCUT2D eigenvalue weighted by Gasteiger charge is -2.00. The molecule has 0 aliphatic heterocycles. The van der Waals surface area contributed by atoms with Crippen LogP contribution < -0.4 is 0 Å². The van der Waals surface area contributed by atoms with Crippen LogP contribution in [0.15, 0.2) is 30.7 Å². The van der Waals surface area contributed by atoms with Gasteiger partial charge in [0.15, 0.2) is 0 Å². The maximum atomic E-state index is 12.8. The van der Waals surface area contributed by atoms with E-state index in [1.807, 2.05) is 0 Å². The molecule has 0 atom stereocenters. The van der Waals surface area contributed by atoms with Crippen molar-refractivity contribution in [1.29, 1.82) is 0 Å². The van der Waals surface area contributed by atoms with Gasteiger partial charge in [-0.1, -0.05) is 17.7 Å². The molecule has 14 heavy (non-hydrogen) atoms. The van der Waals surface area contributed by atoms with Crippen LogP contribution in [0.5, 0.6) is 0 Å². The summed E-state index contributed by atoms with van der Waals surface area (Å²) in [7, 11) is 0. The highest BCUT2D eigenvalue weighted by Gasteiger charge is 2.03. The van der Waals surface area contributed by atoms with Crippen LogP contribution in [0, 0.1) is 12.0 Å². The molecule has 0 unspecified atom stereocenters. The van der Waals surface area contributed by atoms with Gasteiger partial charge in [-0.25, -0.2) is 14.4 Å². The largest absolute Gasteiger partial charge is 0.244 e. The standard InChI is InChI=1S/C10H5ClFN2/c11-9-3-7(1-2-10(9)12)8-4-13-6-14-5-8/h1-4,6H. The molecule has 0 aliphatic rings. The number of hydrogen-bond donors (Lipinski definition) is 0. The molecule has 0 bridgehead atoms. The van der Waals surface area contributed by atoms with Gasteiger partial charge in [-0.05, 0) is 17.7 Å². The van der Waals surface area contributed by atoms with Crippen LogP contribution in [0.4, 0.5) is 4.39 Å². The number of benzene rings is 1. The van der Waals surface area contributed by atoms with Crippen LogP contribution in [-0.4, -0.2) is 9.97 Å². The molecule has 0 aliphatic carbocycles. The van der Waals surface area contributed by atoms with Gasteiger partial charge in [0.05, 0.1) is 5.02 Å². The molecule has 2 rings (SSSR count). The second-order valence-corrected chi connectivity index (χ2v) is 3.08. The Morgan fingerprint density at radius 2 is 2.21 bits per heavy atom. The lowest BCUT2D eigenvalue weighted by atomic mass is 10.1. The number of aromatic nitrogens is 2. The molecule has 4 heteroatoms. The minimum absolute atomic E-state index is 0.0831. The van der Waals surface area contributed by atoms with Gasteiger partial charge in [-0.3, -0.25) is 0 Å². The zero-order valence-electron chi connectivity index (χ0n) is 7.04. The lowest BCUT2D eigenvalue weighted by molar-refractivity contribution is 0.628. The Bertz CT molecular complexity index is 445. The van der Waals surface area contributed by atoms with E-state index >= 15 is 0 Å². The van der Waals surface area contributed by atoms with Crippen LogP contribution in [0.3, 0.4) is 0 Å². The van der Waals surface area contributed by atoms with Gasteiger partial charge >= 0.3 is 0 Å². The third-order valence-electron chi connectivity index (χ3n) is 1.74. The smallest absolute Gasteiger partial charge is 0.141 e. The molecule has 0 saturated carbocycles. The second-order valence-electron chi connectivity index (χ2n) is 2.68. The molecule has 0 fully saturated rings. The summed E-state index contributed by atoms with van der Waals surface area (Å²) >= 11 is 5.63. The first-order chi connectivity index (χ1) is 6.77. The molecule has 2 aromatic rings. The van der Waals surface area contributed by atoms with E-state index in [0.29, 0.717) is 5.56 Å². The molecule has 1 radical (unpaired) electrons. The molecule has 1 heterocycles. The Hall–Kier alpha value is -1.48. The van der Waals surface area contributed by atoms with Gasteiger partial charge in [-0.15, -0.1) is 0 Å². The van der Waals surface area contributed by atoms with Gasteiger partial charge in [0.25, 0.3) is 0 Å². The normalized spacial score (nSPS) is 10.1. The molecule has 69 valence electrons. The van der Waals surface area contributed by atoms with Crippen molar-refractivity contribution in [2.45, 2.75) is 0 Å². The Morgan fingerprint density at radius 3 is 2.86 bits per heavy atom. The van der Waals surface area contributed by atoms with Crippen LogP contribution >= 0.6 is 11.6 Å². The van der Waals surface area contributed by atoms with Crippen molar-refractivity contribution in [3.63, 3.8) is 0 Å². The van der Waals surface area contributed by atoms with Gasteiger partial charge in [0.1, 0.15) is 18.3 Å². The van der Waals surface area contributed by atoms with Crippen molar-refractivity contribution in [2.24, 2.45) is 0 Å². The summed E-state index contributed by atoms with van der Waals surface area (Å²) in [6.45, 7) is 0. The van der Waals surface area contributed by atoms with Gasteiger partial charge in [0.2, 0.25) is 0 Å². The van der Waals surface area contributed by atoms with Gasteiger partial charge < -0.3 is 0 Å². The Morgan fingerprint density at radius 1 is 1.36 bits per heavy atom. The van der Waals surface area contributed by atoms with Crippen LogP contribution in [0.25, 0.3) is 11.1 Å². The topological polar surface area (TPSA) is 25.8 Å². The third-order valence-corrected chi connectivity index (χ3v) is 2.03. The molecule has 0 spiro atoms. The van der Waals surface area contributed by atoms with Crippen molar-refractivity contribution < 1.29 is 4.39 Å². The minimum atomic E-state index is -0.438. The average molecular weight is 208 g/mol. The van der Waals surface area contributed by atoms with E-state index in [1.54, 1.807) is 12.3 Å². The first-order valence-electron chi connectivity index (χ1n) is 3.90. The van der Waals surface area contributed by atoms with Crippen molar-refractivity contribution >= 4 is 11.6 Å². The first kappa shape index (κ1) is 9.09. The number of rotatable bonds is 1. The van der Waals surface area contributed by atoms with Crippen molar-refractivity contribution in [3.8, 4) is 11.1 Å². The third kappa shape index (κ3) is 1.72. The van der Waals surface area contributed by atoms with Crippen molar-refractivity contribution in [3.05, 3.63) is 47.8 Å². The summed E-state index contributed by atoms with van der Waals surface area (Å²) in [4.78, 5) is 7.57. The van der Waals surface area contributed by atoms with E-state index in [0.717, 1.165) is 5.56 Å². The summed E-state index contributed by atoms with van der Waals surface area (Å²) in [6.07, 6.45) is 5.72. The Balaban J connectivity index is 2.48. The van der Waals surface area contributed by atoms with E-state index in [1.165, 1.54) is 18.5 Å². The number of hydrogen-bond acceptors (Lipinski definition) is 2. The van der Waals surface area contributed by atoms with Gasteiger partial charge in [0, 0.05) is 11.8 Å². The van der Waals surface area contributed by atoms with Crippen molar-refractivity contribution in [2.75, 3.05) is 0 Å². The SMILES string of the molecule is Fc1ccc(-c2[c]ncnc2)cc1Cl. The zero-order valence-corrected chi connectivity index (χ0v) is 7.79. The van der Waals surface area contributed by atoms with E-state index in [9.17, 15) is 4.39 Å². The first-order valence-corrected chi connectivity index (χ1v) is 4.28. The van der Waals surface area contributed by atoms with Crippen LogP contribution in [0.2, 0.25) is 5.02 Å². The fourth-order valence-electron chi connectivity index (χ4n) is 1.07. The molecule has 1 aromatic heterocycles. The highest BCUT2D eigenvalue weighted by atomic mass is 35.5. The molecule has 0 amide bonds. The molecule has 0 saturated heterocycles. The number of nitrogens with zero attached hydrogens (tertiary/aromatic N) is 2. The summed E-state index contributed by atoms with van der Waals surface area (Å²) in [5.74, 6) is -0.438. The minimum Gasteiger partial charge on any atom is -0.244 e. The summed E-state index contributed by atoms with van der Waals surface area (Å²) in [5, 5.41) is 0.0831. The molecular weight excluding hydrogens is 203 g/mol. The average Bonchev–Trinajstić information content (AvgIpc) is 2.23. The quantitative estimate of drug-likeness (QED) is 0.719. The van der Waals surface area contributed by atoms with Gasteiger partial charge in [-0.2, -0.15) is 0 Å². The highest BCUT2D eigenvalue weighted by Crippen LogP contribution is 2.23. The van der Waals surface area contributed by atoms with Crippen LogP contribution in [-0.2, 0) is 0 Å². The van der Waals surface area contributed by atoms with E-state index in [-0.39, 0.29) is 5.02 Å². The van der Waals surface area contributed by atoms with Crippen LogP contribution in [0.1, 0.15) is 0 Å². The van der Waals surface area contributed by atoms with E-state index in [2.05, 4.69) is 16.2 Å². The predicted octanol–water partition coefficient (Wildman–Crippen LogP) is 2.74. The summed E-state index contributed by atoms with van der Waals surface area (Å²) < 4.78 is 12.8. The second kappa shape index (κ2) is 3.72. The molecule has 2 nitrogen and oxygen atoms in total. The Labute approximate surface area is 85.4 Å². The zero-order chi connectivity index (χ0) is 9.97. The van der Waals surface area contributed by atoms with E-state index in [4.69, 9.17) is 11.6 Å². The maximum Gasteiger partial charge on any atom is 0.141 e. The number of halogens is 2. The molecular formula is C10H5ClFN2. The van der Waals surface area contributed by atoms with E-state index < -0.39 is 5.82 Å². The summed E-state index contributed by atoms with van der Waals surface area (Å²) in [5.41, 5.74) is 1.44. The maximum absolute atomic E-state index is 12.8.